The third-order valence-corrected chi connectivity index (χ3v) is 3.77. The predicted molar refractivity (Wildman–Crippen MR) is 60.1 cm³/mol. The van der Waals surface area contributed by atoms with Crippen molar-refractivity contribution < 1.29 is 14.3 Å². The van der Waals surface area contributed by atoms with E-state index in [9.17, 15) is 9.59 Å². The van der Waals surface area contributed by atoms with E-state index in [1.54, 1.807) is 0 Å². The number of Topliss-reactive ketones (excluding diaryl/α,β-unsaturated/α-hetero) is 2. The summed E-state index contributed by atoms with van der Waals surface area (Å²) in [5.41, 5.74) is 0. The molecular weight excluding hydrogens is 204 g/mol. The maximum absolute atomic E-state index is 12.2. The topological polar surface area (TPSA) is 43.4 Å². The van der Waals surface area contributed by atoms with Crippen LogP contribution < -0.4 is 0 Å². The van der Waals surface area contributed by atoms with Crippen molar-refractivity contribution in [3.05, 3.63) is 0 Å². The molecule has 1 unspecified atom stereocenters. The van der Waals surface area contributed by atoms with Crippen molar-refractivity contribution in [2.45, 2.75) is 44.9 Å². The van der Waals surface area contributed by atoms with Crippen molar-refractivity contribution in [2.75, 3.05) is 13.2 Å². The van der Waals surface area contributed by atoms with Crippen LogP contribution in [0, 0.1) is 11.8 Å². The fourth-order valence-electron chi connectivity index (χ4n) is 2.73. The maximum atomic E-state index is 12.2. The zero-order valence-corrected chi connectivity index (χ0v) is 9.74. The Hall–Kier alpha value is -0.700. The molecule has 3 heteroatoms. The van der Waals surface area contributed by atoms with E-state index < -0.39 is 5.92 Å². The highest BCUT2D eigenvalue weighted by atomic mass is 16.5. The van der Waals surface area contributed by atoms with Gasteiger partial charge in [0.25, 0.3) is 0 Å². The molecule has 0 bridgehead atoms. The summed E-state index contributed by atoms with van der Waals surface area (Å²) in [6.45, 7) is 0.821. The summed E-state index contributed by atoms with van der Waals surface area (Å²) in [7, 11) is 0. The van der Waals surface area contributed by atoms with Crippen LogP contribution in [0.15, 0.2) is 0 Å². The highest BCUT2D eigenvalue weighted by Gasteiger charge is 2.34. The third kappa shape index (κ3) is 2.70. The molecule has 0 radical (unpaired) electrons. The Kier molecular flexibility index (Phi) is 4.10. The van der Waals surface area contributed by atoms with Gasteiger partial charge >= 0.3 is 0 Å². The van der Waals surface area contributed by atoms with Crippen LogP contribution in [-0.4, -0.2) is 24.8 Å². The number of ether oxygens (including phenoxy) is 1. The number of rotatable bonds is 2. The minimum Gasteiger partial charge on any atom is -0.380 e. The Morgan fingerprint density at radius 1 is 1.12 bits per heavy atom. The van der Waals surface area contributed by atoms with Crippen LogP contribution in [0.2, 0.25) is 0 Å². The lowest BCUT2D eigenvalue weighted by atomic mass is 9.84. The van der Waals surface area contributed by atoms with E-state index in [2.05, 4.69) is 0 Å². The van der Waals surface area contributed by atoms with Gasteiger partial charge in [-0.1, -0.05) is 25.7 Å². The number of carbonyl (C=O) groups is 2. The Morgan fingerprint density at radius 2 is 1.81 bits per heavy atom. The lowest BCUT2D eigenvalue weighted by Crippen LogP contribution is -2.37. The molecule has 2 aliphatic rings. The van der Waals surface area contributed by atoms with Crippen LogP contribution in [0.3, 0.4) is 0 Å². The van der Waals surface area contributed by atoms with Gasteiger partial charge in [0, 0.05) is 12.3 Å². The van der Waals surface area contributed by atoms with E-state index in [0.717, 1.165) is 25.7 Å². The van der Waals surface area contributed by atoms with E-state index in [4.69, 9.17) is 4.74 Å². The molecule has 1 aliphatic carbocycles. The zero-order chi connectivity index (χ0) is 11.4. The molecule has 0 amide bonds. The summed E-state index contributed by atoms with van der Waals surface area (Å²) in [6, 6.07) is 0. The molecule has 90 valence electrons. The normalized spacial score (nSPS) is 28.8. The summed E-state index contributed by atoms with van der Waals surface area (Å²) in [5, 5.41) is 0. The van der Waals surface area contributed by atoms with Gasteiger partial charge in [-0.25, -0.2) is 0 Å². The Balaban J connectivity index is 1.96. The van der Waals surface area contributed by atoms with Gasteiger partial charge < -0.3 is 4.74 Å². The fraction of sp³-hybridized carbons (Fsp3) is 0.846. The van der Waals surface area contributed by atoms with Gasteiger partial charge in [0.05, 0.1) is 19.1 Å². The van der Waals surface area contributed by atoms with Gasteiger partial charge in [-0.15, -0.1) is 0 Å². The average Bonchev–Trinajstić information content (AvgIpc) is 2.57. The SMILES string of the molecule is O=C1CCOCC1C(=O)C1CCCCCC1. The van der Waals surface area contributed by atoms with Crippen molar-refractivity contribution in [1.82, 2.24) is 0 Å². The highest BCUT2D eigenvalue weighted by molar-refractivity contribution is 6.03. The molecule has 1 heterocycles. The average molecular weight is 224 g/mol. The fourth-order valence-corrected chi connectivity index (χ4v) is 2.73. The van der Waals surface area contributed by atoms with E-state index in [1.807, 2.05) is 0 Å². The minimum absolute atomic E-state index is 0.0977. The number of hydrogen-bond donors (Lipinski definition) is 0. The molecule has 3 nitrogen and oxygen atoms in total. The van der Waals surface area contributed by atoms with Crippen LogP contribution in [0.1, 0.15) is 44.9 Å². The van der Waals surface area contributed by atoms with Gasteiger partial charge in [-0.05, 0) is 12.8 Å². The number of hydrogen-bond acceptors (Lipinski definition) is 3. The van der Waals surface area contributed by atoms with E-state index in [-0.39, 0.29) is 17.5 Å². The van der Waals surface area contributed by atoms with Crippen molar-refractivity contribution in [1.29, 1.82) is 0 Å². The quantitative estimate of drug-likeness (QED) is 0.533. The van der Waals surface area contributed by atoms with Gasteiger partial charge in [-0.3, -0.25) is 9.59 Å². The van der Waals surface area contributed by atoms with Crippen LogP contribution in [0.25, 0.3) is 0 Å². The van der Waals surface area contributed by atoms with Gasteiger partial charge in [-0.2, -0.15) is 0 Å². The molecule has 0 aromatic heterocycles. The van der Waals surface area contributed by atoms with Gasteiger partial charge in [0.1, 0.15) is 11.6 Å². The Labute approximate surface area is 96.5 Å². The monoisotopic (exact) mass is 224 g/mol. The standard InChI is InChI=1S/C13H20O3/c14-12-7-8-16-9-11(12)13(15)10-5-3-1-2-4-6-10/h10-11H,1-9H2. The van der Waals surface area contributed by atoms with Crippen molar-refractivity contribution in [3.8, 4) is 0 Å². The summed E-state index contributed by atoms with van der Waals surface area (Å²) >= 11 is 0. The molecule has 2 rings (SSSR count). The molecule has 0 aromatic rings. The van der Waals surface area contributed by atoms with E-state index in [0.29, 0.717) is 19.6 Å². The number of ketones is 2. The molecule has 0 N–H and O–H groups in total. The summed E-state index contributed by atoms with van der Waals surface area (Å²) in [5.74, 6) is -0.0675. The third-order valence-electron chi connectivity index (χ3n) is 3.77. The van der Waals surface area contributed by atoms with Gasteiger partial charge in [0.2, 0.25) is 0 Å². The molecule has 1 aliphatic heterocycles. The van der Waals surface area contributed by atoms with Crippen LogP contribution >= 0.6 is 0 Å². The van der Waals surface area contributed by atoms with Crippen LogP contribution in [0.5, 0.6) is 0 Å². The first-order valence-corrected chi connectivity index (χ1v) is 6.43. The summed E-state index contributed by atoms with van der Waals surface area (Å²) < 4.78 is 5.25. The molecule has 1 atom stereocenters. The largest absolute Gasteiger partial charge is 0.380 e. The molecule has 1 saturated heterocycles. The molecule has 0 spiro atoms. The predicted octanol–water partition coefficient (Wildman–Crippen LogP) is 2.13. The Morgan fingerprint density at radius 3 is 2.44 bits per heavy atom. The first-order chi connectivity index (χ1) is 7.79. The lowest BCUT2D eigenvalue weighted by molar-refractivity contribution is -0.142. The summed E-state index contributed by atoms with van der Waals surface area (Å²) in [4.78, 5) is 23.9. The molecular formula is C13H20O3. The van der Waals surface area contributed by atoms with E-state index in [1.165, 1.54) is 12.8 Å². The van der Waals surface area contributed by atoms with Crippen molar-refractivity contribution in [3.63, 3.8) is 0 Å². The molecule has 16 heavy (non-hydrogen) atoms. The Bertz CT molecular complexity index is 264. The smallest absolute Gasteiger partial charge is 0.148 e. The molecule has 2 fully saturated rings. The second-order valence-corrected chi connectivity index (χ2v) is 4.93. The van der Waals surface area contributed by atoms with Crippen LogP contribution in [0.4, 0.5) is 0 Å². The molecule has 1 saturated carbocycles. The number of carbonyl (C=O) groups excluding carboxylic acids is 2. The first-order valence-electron chi connectivity index (χ1n) is 6.43. The van der Waals surface area contributed by atoms with Crippen LogP contribution in [-0.2, 0) is 14.3 Å². The summed E-state index contributed by atoms with van der Waals surface area (Å²) in [6.07, 6.45) is 7.11. The first kappa shape index (κ1) is 11.8. The molecule has 0 aromatic carbocycles. The second kappa shape index (κ2) is 5.58. The second-order valence-electron chi connectivity index (χ2n) is 4.93. The minimum atomic E-state index is -0.447. The lowest BCUT2D eigenvalue weighted by Gasteiger charge is -2.23. The van der Waals surface area contributed by atoms with Crippen molar-refractivity contribution in [2.24, 2.45) is 11.8 Å². The zero-order valence-electron chi connectivity index (χ0n) is 9.74. The van der Waals surface area contributed by atoms with Gasteiger partial charge in [0.15, 0.2) is 0 Å². The van der Waals surface area contributed by atoms with E-state index >= 15 is 0 Å². The highest BCUT2D eigenvalue weighted by Crippen LogP contribution is 2.27. The van der Waals surface area contributed by atoms with Crippen molar-refractivity contribution >= 4 is 11.6 Å². The maximum Gasteiger partial charge on any atom is 0.148 e.